The highest BCUT2D eigenvalue weighted by molar-refractivity contribution is 5.07. The van der Waals surface area contributed by atoms with E-state index in [4.69, 9.17) is 0 Å². The molecular formula is C14H22O. The molecule has 0 spiro atoms. The third kappa shape index (κ3) is 4.10. The molecule has 1 N–H and O–H groups in total. The minimum atomic E-state index is -0.169. The second-order valence-electron chi connectivity index (χ2n) is 4.72. The maximum absolute atomic E-state index is 10.0. The van der Waals surface area contributed by atoms with Crippen LogP contribution in [0, 0.1) is 23.7 Å². The minimum Gasteiger partial charge on any atom is -0.393 e. The first kappa shape index (κ1) is 12.3. The Morgan fingerprint density at radius 2 is 2.33 bits per heavy atom. The highest BCUT2D eigenvalue weighted by Crippen LogP contribution is 2.31. The highest BCUT2D eigenvalue weighted by Gasteiger charge is 2.24. The van der Waals surface area contributed by atoms with E-state index in [1.54, 1.807) is 0 Å². The molecule has 3 atom stereocenters. The van der Waals surface area contributed by atoms with Crippen LogP contribution in [-0.4, -0.2) is 11.2 Å². The summed E-state index contributed by atoms with van der Waals surface area (Å²) in [6.07, 6.45) is 5.99. The number of hydrogen-bond donors (Lipinski definition) is 1. The van der Waals surface area contributed by atoms with Crippen LogP contribution >= 0.6 is 0 Å². The molecule has 1 rings (SSSR count). The number of hydrogen-bond acceptors (Lipinski definition) is 1. The second-order valence-corrected chi connectivity index (χ2v) is 4.72. The lowest BCUT2D eigenvalue weighted by atomic mass is 9.79. The standard InChI is InChI=1S/C14H22O/c1-4-5-6-7-14(15)13-9-11(2)8-12(3)10-13/h8,11,13-15H,6-7,9-10H2,1-3H3. The highest BCUT2D eigenvalue weighted by atomic mass is 16.3. The first-order valence-electron chi connectivity index (χ1n) is 5.88. The van der Waals surface area contributed by atoms with Gasteiger partial charge in [-0.1, -0.05) is 18.6 Å². The lowest BCUT2D eigenvalue weighted by molar-refractivity contribution is 0.0864. The molecule has 0 saturated carbocycles. The second kappa shape index (κ2) is 5.98. The molecule has 15 heavy (non-hydrogen) atoms. The summed E-state index contributed by atoms with van der Waals surface area (Å²) in [5.41, 5.74) is 1.43. The Hall–Kier alpha value is -0.740. The first-order chi connectivity index (χ1) is 7.13. The average molecular weight is 206 g/mol. The fourth-order valence-corrected chi connectivity index (χ4v) is 2.47. The van der Waals surface area contributed by atoms with Gasteiger partial charge >= 0.3 is 0 Å². The van der Waals surface area contributed by atoms with E-state index in [2.05, 4.69) is 31.8 Å². The largest absolute Gasteiger partial charge is 0.393 e. The van der Waals surface area contributed by atoms with Gasteiger partial charge in [0.2, 0.25) is 0 Å². The monoisotopic (exact) mass is 206 g/mol. The number of aliphatic hydroxyl groups is 1. The third-order valence-electron chi connectivity index (χ3n) is 3.11. The number of aliphatic hydroxyl groups excluding tert-OH is 1. The zero-order valence-corrected chi connectivity index (χ0v) is 10.1. The van der Waals surface area contributed by atoms with E-state index in [1.165, 1.54) is 5.57 Å². The van der Waals surface area contributed by atoms with Crippen LogP contribution in [0.5, 0.6) is 0 Å². The van der Waals surface area contributed by atoms with Crippen LogP contribution in [0.2, 0.25) is 0 Å². The molecule has 0 aromatic heterocycles. The molecule has 1 aliphatic rings. The smallest absolute Gasteiger partial charge is 0.0580 e. The van der Waals surface area contributed by atoms with Crippen LogP contribution in [0.3, 0.4) is 0 Å². The van der Waals surface area contributed by atoms with Crippen molar-refractivity contribution in [1.29, 1.82) is 0 Å². The SMILES string of the molecule is CC#CCCC(O)C1CC(C)=CC(C)C1. The molecule has 84 valence electrons. The van der Waals surface area contributed by atoms with Crippen molar-refractivity contribution < 1.29 is 5.11 Å². The van der Waals surface area contributed by atoms with E-state index in [0.717, 1.165) is 25.7 Å². The van der Waals surface area contributed by atoms with Gasteiger partial charge in [-0.2, -0.15) is 0 Å². The van der Waals surface area contributed by atoms with Crippen molar-refractivity contribution >= 4 is 0 Å². The van der Waals surface area contributed by atoms with Gasteiger partial charge < -0.3 is 5.11 Å². The minimum absolute atomic E-state index is 0.169. The molecule has 0 heterocycles. The lowest BCUT2D eigenvalue weighted by Gasteiger charge is -2.29. The molecule has 0 aromatic rings. The van der Waals surface area contributed by atoms with Crippen molar-refractivity contribution in [2.75, 3.05) is 0 Å². The summed E-state index contributed by atoms with van der Waals surface area (Å²) in [5.74, 6) is 6.96. The molecule has 0 amide bonds. The van der Waals surface area contributed by atoms with Gasteiger partial charge in [-0.15, -0.1) is 11.8 Å². The number of allylic oxidation sites excluding steroid dienone is 2. The van der Waals surface area contributed by atoms with Gasteiger partial charge in [-0.3, -0.25) is 0 Å². The third-order valence-corrected chi connectivity index (χ3v) is 3.11. The van der Waals surface area contributed by atoms with Crippen LogP contribution in [0.1, 0.15) is 46.5 Å². The van der Waals surface area contributed by atoms with Crippen molar-refractivity contribution in [2.45, 2.75) is 52.6 Å². The normalized spacial score (nSPS) is 27.6. The molecule has 0 aliphatic heterocycles. The number of rotatable bonds is 3. The average Bonchev–Trinajstić information content (AvgIpc) is 2.16. The molecule has 1 nitrogen and oxygen atoms in total. The van der Waals surface area contributed by atoms with Gasteiger partial charge in [0.05, 0.1) is 6.10 Å². The lowest BCUT2D eigenvalue weighted by Crippen LogP contribution is -2.25. The summed E-state index contributed by atoms with van der Waals surface area (Å²) >= 11 is 0. The summed E-state index contributed by atoms with van der Waals surface area (Å²) in [6.45, 7) is 6.25. The van der Waals surface area contributed by atoms with Gasteiger partial charge in [-0.25, -0.2) is 0 Å². The molecular weight excluding hydrogens is 184 g/mol. The Labute approximate surface area is 93.6 Å². The molecule has 1 aliphatic carbocycles. The van der Waals surface area contributed by atoms with Gasteiger partial charge in [0.1, 0.15) is 0 Å². The molecule has 1 heteroatoms. The fourth-order valence-electron chi connectivity index (χ4n) is 2.47. The summed E-state index contributed by atoms with van der Waals surface area (Å²) in [4.78, 5) is 0. The van der Waals surface area contributed by atoms with E-state index in [9.17, 15) is 5.11 Å². The van der Waals surface area contributed by atoms with Gasteiger partial charge in [-0.05, 0) is 44.9 Å². The van der Waals surface area contributed by atoms with E-state index in [0.29, 0.717) is 11.8 Å². The molecule has 3 unspecified atom stereocenters. The van der Waals surface area contributed by atoms with E-state index in [-0.39, 0.29) is 6.10 Å². The van der Waals surface area contributed by atoms with Crippen molar-refractivity contribution in [3.63, 3.8) is 0 Å². The Bertz CT molecular complexity index is 279. The first-order valence-corrected chi connectivity index (χ1v) is 5.88. The predicted octanol–water partition coefficient (Wildman–Crippen LogP) is 3.14. The zero-order chi connectivity index (χ0) is 11.3. The van der Waals surface area contributed by atoms with Crippen LogP contribution in [0.25, 0.3) is 0 Å². The van der Waals surface area contributed by atoms with Gasteiger partial charge in [0.15, 0.2) is 0 Å². The predicted molar refractivity (Wildman–Crippen MR) is 64.3 cm³/mol. The molecule has 0 radical (unpaired) electrons. The van der Waals surface area contributed by atoms with Crippen molar-refractivity contribution in [3.8, 4) is 11.8 Å². The van der Waals surface area contributed by atoms with Crippen molar-refractivity contribution in [3.05, 3.63) is 11.6 Å². The van der Waals surface area contributed by atoms with E-state index >= 15 is 0 Å². The Kier molecular flexibility index (Phi) is 4.91. The van der Waals surface area contributed by atoms with Crippen molar-refractivity contribution in [1.82, 2.24) is 0 Å². The van der Waals surface area contributed by atoms with E-state index in [1.807, 2.05) is 6.92 Å². The van der Waals surface area contributed by atoms with Crippen molar-refractivity contribution in [2.24, 2.45) is 11.8 Å². The van der Waals surface area contributed by atoms with Gasteiger partial charge in [0.25, 0.3) is 0 Å². The van der Waals surface area contributed by atoms with Crippen LogP contribution < -0.4 is 0 Å². The zero-order valence-electron chi connectivity index (χ0n) is 10.1. The summed E-state index contributed by atoms with van der Waals surface area (Å²) in [5, 5.41) is 10.0. The van der Waals surface area contributed by atoms with Gasteiger partial charge in [0, 0.05) is 6.42 Å². The quantitative estimate of drug-likeness (QED) is 0.555. The maximum atomic E-state index is 10.0. The summed E-state index contributed by atoms with van der Waals surface area (Å²) in [7, 11) is 0. The van der Waals surface area contributed by atoms with E-state index < -0.39 is 0 Å². The summed E-state index contributed by atoms with van der Waals surface area (Å²) in [6, 6.07) is 0. The molecule has 0 bridgehead atoms. The molecule has 0 saturated heterocycles. The summed E-state index contributed by atoms with van der Waals surface area (Å²) < 4.78 is 0. The topological polar surface area (TPSA) is 20.2 Å². The van der Waals surface area contributed by atoms with Crippen LogP contribution in [0.15, 0.2) is 11.6 Å². The Balaban J connectivity index is 2.42. The molecule has 0 fully saturated rings. The Morgan fingerprint density at radius 3 is 2.93 bits per heavy atom. The van der Waals surface area contributed by atoms with Crippen LogP contribution in [0.4, 0.5) is 0 Å². The van der Waals surface area contributed by atoms with Crippen LogP contribution in [-0.2, 0) is 0 Å². The maximum Gasteiger partial charge on any atom is 0.0580 e. The molecule has 0 aromatic carbocycles. The Morgan fingerprint density at radius 1 is 1.60 bits per heavy atom. The fraction of sp³-hybridized carbons (Fsp3) is 0.714.